The average molecular weight is 273 g/mol. The Morgan fingerprint density at radius 2 is 2.20 bits per heavy atom. The Balaban J connectivity index is 2.05. The van der Waals surface area contributed by atoms with Crippen LogP contribution in [0.3, 0.4) is 0 Å². The highest BCUT2D eigenvalue weighted by atomic mass is 16.4. The first-order valence-electron chi connectivity index (χ1n) is 6.11. The van der Waals surface area contributed by atoms with Gasteiger partial charge in [0.15, 0.2) is 0 Å². The molecule has 2 N–H and O–H groups in total. The maximum absolute atomic E-state index is 11.8. The molecule has 0 bridgehead atoms. The highest BCUT2D eigenvalue weighted by Crippen LogP contribution is 2.23. The van der Waals surface area contributed by atoms with Crippen molar-refractivity contribution in [1.82, 2.24) is 15.1 Å². The van der Waals surface area contributed by atoms with E-state index in [0.29, 0.717) is 17.3 Å². The number of nitrogens with one attached hydrogen (secondary N) is 1. The molecule has 1 fully saturated rings. The SMILES string of the molecule is O=C1CCC(n2cc3cccc(C(=O)O)c3n2)C(=O)N1. The maximum Gasteiger partial charge on any atom is 0.337 e. The number of nitrogens with zero attached hydrogens (tertiary/aromatic N) is 2. The third kappa shape index (κ3) is 1.93. The van der Waals surface area contributed by atoms with Gasteiger partial charge in [-0.15, -0.1) is 0 Å². The van der Waals surface area contributed by atoms with Crippen LogP contribution in [0.2, 0.25) is 0 Å². The Labute approximate surface area is 113 Å². The van der Waals surface area contributed by atoms with Crippen molar-refractivity contribution in [2.75, 3.05) is 0 Å². The van der Waals surface area contributed by atoms with E-state index in [1.807, 2.05) is 0 Å². The number of carboxylic acid groups (broad SMARTS) is 1. The van der Waals surface area contributed by atoms with Gasteiger partial charge in [-0.05, 0) is 12.5 Å². The summed E-state index contributed by atoms with van der Waals surface area (Å²) >= 11 is 0. The molecule has 7 nitrogen and oxygen atoms in total. The normalized spacial score (nSPS) is 19.1. The maximum atomic E-state index is 11.8. The Bertz CT molecular complexity index is 734. The third-order valence-corrected chi connectivity index (χ3v) is 3.31. The minimum absolute atomic E-state index is 0.0912. The number of imide groups is 1. The lowest BCUT2D eigenvalue weighted by atomic mass is 10.1. The summed E-state index contributed by atoms with van der Waals surface area (Å²) in [6.07, 6.45) is 2.24. The van der Waals surface area contributed by atoms with Crippen LogP contribution in [0.1, 0.15) is 29.2 Å². The van der Waals surface area contributed by atoms with Crippen LogP contribution in [-0.4, -0.2) is 32.7 Å². The van der Waals surface area contributed by atoms with E-state index in [0.717, 1.165) is 0 Å². The minimum Gasteiger partial charge on any atom is -0.478 e. The van der Waals surface area contributed by atoms with Crippen molar-refractivity contribution >= 4 is 28.7 Å². The first-order chi connectivity index (χ1) is 9.56. The van der Waals surface area contributed by atoms with Crippen molar-refractivity contribution in [2.24, 2.45) is 0 Å². The van der Waals surface area contributed by atoms with Gasteiger partial charge in [-0.2, -0.15) is 5.10 Å². The molecule has 20 heavy (non-hydrogen) atoms. The molecule has 0 radical (unpaired) electrons. The molecule has 2 amide bonds. The summed E-state index contributed by atoms with van der Waals surface area (Å²) in [6, 6.07) is 4.24. The van der Waals surface area contributed by atoms with Gasteiger partial charge < -0.3 is 5.11 Å². The lowest BCUT2D eigenvalue weighted by Crippen LogP contribution is -2.41. The van der Waals surface area contributed by atoms with E-state index in [9.17, 15) is 14.4 Å². The van der Waals surface area contributed by atoms with Crippen molar-refractivity contribution in [3.63, 3.8) is 0 Å². The van der Waals surface area contributed by atoms with Crippen molar-refractivity contribution in [3.8, 4) is 0 Å². The number of carboxylic acids is 1. The number of benzene rings is 1. The smallest absolute Gasteiger partial charge is 0.337 e. The molecule has 1 aromatic heterocycles. The van der Waals surface area contributed by atoms with Crippen molar-refractivity contribution in [1.29, 1.82) is 0 Å². The third-order valence-electron chi connectivity index (χ3n) is 3.31. The fourth-order valence-electron chi connectivity index (χ4n) is 2.33. The highest BCUT2D eigenvalue weighted by molar-refractivity contribution is 6.02. The molecule has 102 valence electrons. The van der Waals surface area contributed by atoms with E-state index in [-0.39, 0.29) is 17.9 Å². The second kappa shape index (κ2) is 4.44. The van der Waals surface area contributed by atoms with Crippen LogP contribution in [0.15, 0.2) is 24.4 Å². The van der Waals surface area contributed by atoms with Crippen LogP contribution in [0.4, 0.5) is 0 Å². The van der Waals surface area contributed by atoms with Crippen LogP contribution in [0.25, 0.3) is 10.9 Å². The molecule has 0 aliphatic carbocycles. The topological polar surface area (TPSA) is 101 Å². The summed E-state index contributed by atoms with van der Waals surface area (Å²) < 4.78 is 1.43. The molecule has 1 unspecified atom stereocenters. The molecule has 1 atom stereocenters. The van der Waals surface area contributed by atoms with Crippen LogP contribution >= 0.6 is 0 Å². The molecule has 2 heterocycles. The summed E-state index contributed by atoms with van der Waals surface area (Å²) in [5.41, 5.74) is 0.429. The number of aromatic nitrogens is 2. The van der Waals surface area contributed by atoms with Gasteiger partial charge in [0.05, 0.1) is 5.56 Å². The number of piperidine rings is 1. The summed E-state index contributed by atoms with van der Waals surface area (Å²) in [6.45, 7) is 0. The number of carbonyl (C=O) groups excluding carboxylic acids is 2. The number of hydrogen-bond donors (Lipinski definition) is 2. The van der Waals surface area contributed by atoms with Crippen molar-refractivity contribution < 1.29 is 19.5 Å². The van der Waals surface area contributed by atoms with Crippen molar-refractivity contribution in [3.05, 3.63) is 30.0 Å². The van der Waals surface area contributed by atoms with E-state index >= 15 is 0 Å². The molecule has 7 heteroatoms. The second-order valence-corrected chi connectivity index (χ2v) is 4.62. The van der Waals surface area contributed by atoms with Gasteiger partial charge in [0.2, 0.25) is 5.91 Å². The van der Waals surface area contributed by atoms with Crippen LogP contribution in [0.5, 0.6) is 0 Å². The number of aromatic carboxylic acids is 1. The second-order valence-electron chi connectivity index (χ2n) is 4.62. The molecule has 0 spiro atoms. The van der Waals surface area contributed by atoms with Crippen molar-refractivity contribution in [2.45, 2.75) is 18.9 Å². The Kier molecular flexibility index (Phi) is 2.74. The molecule has 1 aromatic carbocycles. The van der Waals surface area contributed by atoms with Crippen LogP contribution in [-0.2, 0) is 9.59 Å². The molecule has 2 aromatic rings. The molecule has 1 saturated heterocycles. The van der Waals surface area contributed by atoms with Gasteiger partial charge in [0.25, 0.3) is 5.91 Å². The largest absolute Gasteiger partial charge is 0.478 e. The monoisotopic (exact) mass is 273 g/mol. The van der Waals surface area contributed by atoms with Gasteiger partial charge in [-0.1, -0.05) is 12.1 Å². The van der Waals surface area contributed by atoms with Gasteiger partial charge in [-0.25, -0.2) is 4.79 Å². The first-order valence-corrected chi connectivity index (χ1v) is 6.11. The standard InChI is InChI=1S/C13H11N3O4/c17-10-5-4-9(12(18)14-10)16-6-7-2-1-3-8(13(19)20)11(7)15-16/h1-3,6,9H,4-5H2,(H,19,20)(H,14,17,18). The molecule has 1 aliphatic rings. The Morgan fingerprint density at radius 3 is 2.90 bits per heavy atom. The zero-order valence-corrected chi connectivity index (χ0v) is 10.4. The number of rotatable bonds is 2. The number of amides is 2. The first kappa shape index (κ1) is 12.3. The molecular weight excluding hydrogens is 262 g/mol. The summed E-state index contributed by atoms with van der Waals surface area (Å²) in [7, 11) is 0. The Hall–Kier alpha value is -2.70. The van der Waals surface area contributed by atoms with Crippen LogP contribution in [0, 0.1) is 0 Å². The highest BCUT2D eigenvalue weighted by Gasteiger charge is 2.29. The fourth-order valence-corrected chi connectivity index (χ4v) is 2.33. The predicted octanol–water partition coefficient (Wildman–Crippen LogP) is 0.712. The van der Waals surface area contributed by atoms with E-state index in [1.54, 1.807) is 18.3 Å². The fraction of sp³-hybridized carbons (Fsp3) is 0.231. The van der Waals surface area contributed by atoms with E-state index in [1.165, 1.54) is 10.7 Å². The van der Waals surface area contributed by atoms with E-state index in [2.05, 4.69) is 10.4 Å². The lowest BCUT2D eigenvalue weighted by molar-refractivity contribution is -0.135. The molecule has 1 aliphatic heterocycles. The number of carbonyl (C=O) groups is 3. The molecule has 0 saturated carbocycles. The van der Waals surface area contributed by atoms with E-state index < -0.39 is 17.9 Å². The number of hydrogen-bond acceptors (Lipinski definition) is 4. The zero-order valence-electron chi connectivity index (χ0n) is 10.4. The molecule has 3 rings (SSSR count). The van der Waals surface area contributed by atoms with Gasteiger partial charge in [0.1, 0.15) is 11.6 Å². The van der Waals surface area contributed by atoms with Gasteiger partial charge >= 0.3 is 5.97 Å². The zero-order chi connectivity index (χ0) is 14.3. The summed E-state index contributed by atoms with van der Waals surface area (Å²) in [5, 5.41) is 16.2. The Morgan fingerprint density at radius 1 is 1.40 bits per heavy atom. The van der Waals surface area contributed by atoms with Gasteiger partial charge in [0, 0.05) is 18.0 Å². The predicted molar refractivity (Wildman–Crippen MR) is 68.1 cm³/mol. The molecular formula is C13H11N3O4. The summed E-state index contributed by atoms with van der Waals surface area (Å²) in [5.74, 6) is -1.77. The number of fused-ring (bicyclic) bond motifs is 1. The quantitative estimate of drug-likeness (QED) is 0.785. The van der Waals surface area contributed by atoms with E-state index in [4.69, 9.17) is 5.11 Å². The lowest BCUT2D eigenvalue weighted by Gasteiger charge is -2.20. The summed E-state index contributed by atoms with van der Waals surface area (Å²) in [4.78, 5) is 34.1. The van der Waals surface area contributed by atoms with Gasteiger partial charge in [-0.3, -0.25) is 19.6 Å². The van der Waals surface area contributed by atoms with Crippen LogP contribution < -0.4 is 5.32 Å². The minimum atomic E-state index is -1.07. The average Bonchev–Trinajstić information content (AvgIpc) is 2.81.